The molecule has 1 heterocycles. The van der Waals surface area contributed by atoms with Crippen LogP contribution < -0.4 is 4.90 Å². The highest BCUT2D eigenvalue weighted by Crippen LogP contribution is 2.35. The van der Waals surface area contributed by atoms with Crippen molar-refractivity contribution in [3.05, 3.63) is 59.7 Å². The quantitative estimate of drug-likeness (QED) is 0.728. The fraction of sp³-hybridized carbons (Fsp3) is 0. The van der Waals surface area contributed by atoms with Crippen LogP contribution >= 0.6 is 0 Å². The van der Waals surface area contributed by atoms with Crippen molar-refractivity contribution in [3.63, 3.8) is 0 Å². The van der Waals surface area contributed by atoms with Gasteiger partial charge in [0, 0.05) is 5.69 Å². The summed E-state index contributed by atoms with van der Waals surface area (Å²) in [5, 5.41) is 8.84. The number of anilines is 2. The molecule has 0 spiro atoms. The highest BCUT2D eigenvalue weighted by molar-refractivity contribution is 6.53. The van der Waals surface area contributed by atoms with E-state index in [1.807, 2.05) is 12.1 Å². The van der Waals surface area contributed by atoms with E-state index in [1.54, 1.807) is 36.4 Å². The Hall–Kier alpha value is -2.93. The van der Waals surface area contributed by atoms with E-state index in [-0.39, 0.29) is 5.56 Å². The van der Waals surface area contributed by atoms with E-state index in [2.05, 4.69) is 0 Å². The largest absolute Gasteiger partial charge is 0.304 e. The third kappa shape index (κ3) is 1.60. The van der Waals surface area contributed by atoms with E-state index in [1.165, 1.54) is 11.0 Å². The first-order valence-corrected chi connectivity index (χ1v) is 5.70. The van der Waals surface area contributed by atoms with Crippen LogP contribution in [0.25, 0.3) is 0 Å². The molecule has 0 bridgehead atoms. The van der Waals surface area contributed by atoms with Gasteiger partial charge in [-0.05, 0) is 30.3 Å². The second kappa shape index (κ2) is 4.07. The zero-order valence-electron chi connectivity index (χ0n) is 9.83. The average Bonchev–Trinajstić information content (AvgIpc) is 2.71. The minimum atomic E-state index is -0.587. The molecule has 2 aromatic rings. The summed E-state index contributed by atoms with van der Waals surface area (Å²) in [5.41, 5.74) is 1.83. The molecule has 0 saturated carbocycles. The Balaban J connectivity index is 2.19. The van der Waals surface area contributed by atoms with Gasteiger partial charge in [-0.25, -0.2) is 0 Å². The monoisotopic (exact) mass is 248 g/mol. The predicted molar refractivity (Wildman–Crippen MR) is 69.1 cm³/mol. The number of Topliss-reactive ketones (excluding diaryl/α,β-unsaturated/α-hetero) is 1. The van der Waals surface area contributed by atoms with Gasteiger partial charge in [0.2, 0.25) is 0 Å². The Kier molecular flexibility index (Phi) is 2.39. The SMILES string of the molecule is N#Cc1ccc2c(c1)C(=O)C(=O)N2c1ccccc1. The molecular weight excluding hydrogens is 240 g/mol. The molecule has 4 nitrogen and oxygen atoms in total. The molecule has 3 rings (SSSR count). The molecule has 0 atom stereocenters. The smallest absolute Gasteiger partial charge is 0.283 e. The zero-order valence-corrected chi connectivity index (χ0v) is 9.83. The molecule has 0 radical (unpaired) electrons. The molecule has 19 heavy (non-hydrogen) atoms. The van der Waals surface area contributed by atoms with Gasteiger partial charge in [0.15, 0.2) is 0 Å². The van der Waals surface area contributed by atoms with Crippen molar-refractivity contribution in [1.82, 2.24) is 0 Å². The lowest BCUT2D eigenvalue weighted by Crippen LogP contribution is -2.24. The second-order valence-corrected chi connectivity index (χ2v) is 4.15. The summed E-state index contributed by atoms with van der Waals surface area (Å²) in [4.78, 5) is 25.4. The van der Waals surface area contributed by atoms with Crippen LogP contribution in [-0.4, -0.2) is 11.7 Å². The third-order valence-electron chi connectivity index (χ3n) is 3.02. The van der Waals surface area contributed by atoms with Crippen LogP contribution in [0.5, 0.6) is 0 Å². The molecule has 2 aromatic carbocycles. The number of carbonyl (C=O) groups excluding carboxylic acids is 2. The third-order valence-corrected chi connectivity index (χ3v) is 3.02. The first-order valence-electron chi connectivity index (χ1n) is 5.70. The van der Waals surface area contributed by atoms with Gasteiger partial charge >= 0.3 is 5.91 Å². The van der Waals surface area contributed by atoms with E-state index < -0.39 is 11.7 Å². The first-order chi connectivity index (χ1) is 9.22. The lowest BCUT2D eigenvalue weighted by molar-refractivity contribution is -0.113. The number of para-hydroxylation sites is 1. The van der Waals surface area contributed by atoms with E-state index in [4.69, 9.17) is 5.26 Å². The molecule has 0 N–H and O–H groups in total. The van der Waals surface area contributed by atoms with Gasteiger partial charge in [0.25, 0.3) is 5.78 Å². The van der Waals surface area contributed by atoms with Crippen LogP contribution in [0.15, 0.2) is 48.5 Å². The predicted octanol–water partition coefficient (Wildman–Crippen LogP) is 2.42. The van der Waals surface area contributed by atoms with E-state index >= 15 is 0 Å². The molecular formula is C15H8N2O2. The Morgan fingerprint density at radius 2 is 1.74 bits per heavy atom. The van der Waals surface area contributed by atoms with Gasteiger partial charge in [-0.1, -0.05) is 18.2 Å². The van der Waals surface area contributed by atoms with E-state index in [0.717, 1.165) is 0 Å². The van der Waals surface area contributed by atoms with Crippen molar-refractivity contribution in [1.29, 1.82) is 5.26 Å². The summed E-state index contributed by atoms with van der Waals surface area (Å²) < 4.78 is 0. The number of nitrogens with zero attached hydrogens (tertiary/aromatic N) is 2. The Labute approximate surface area is 109 Å². The van der Waals surface area contributed by atoms with Crippen LogP contribution in [0.3, 0.4) is 0 Å². The minimum absolute atomic E-state index is 0.285. The number of ketones is 1. The Morgan fingerprint density at radius 1 is 1.00 bits per heavy atom. The van der Waals surface area contributed by atoms with Crippen molar-refractivity contribution in [2.45, 2.75) is 0 Å². The first kappa shape index (κ1) is 11.2. The van der Waals surface area contributed by atoms with E-state index in [9.17, 15) is 9.59 Å². The lowest BCUT2D eigenvalue weighted by atomic mass is 10.1. The number of carbonyl (C=O) groups is 2. The molecule has 4 heteroatoms. The Bertz CT molecular complexity index is 730. The molecule has 1 aliphatic rings. The number of rotatable bonds is 1. The molecule has 0 aliphatic carbocycles. The fourth-order valence-corrected chi connectivity index (χ4v) is 2.14. The van der Waals surface area contributed by atoms with Crippen molar-refractivity contribution in [2.24, 2.45) is 0 Å². The van der Waals surface area contributed by atoms with Gasteiger partial charge in [0.05, 0.1) is 22.9 Å². The van der Waals surface area contributed by atoms with Crippen LogP contribution in [-0.2, 0) is 4.79 Å². The maximum Gasteiger partial charge on any atom is 0.304 e. The summed E-state index contributed by atoms with van der Waals surface area (Å²) in [5.74, 6) is -1.16. The lowest BCUT2D eigenvalue weighted by Gasteiger charge is -2.16. The summed E-state index contributed by atoms with van der Waals surface area (Å²) in [7, 11) is 0. The minimum Gasteiger partial charge on any atom is -0.283 e. The number of benzene rings is 2. The summed E-state index contributed by atoms with van der Waals surface area (Å²) in [6.07, 6.45) is 0. The number of fused-ring (bicyclic) bond motifs is 1. The number of nitriles is 1. The van der Waals surface area contributed by atoms with Crippen LogP contribution in [0, 0.1) is 11.3 Å². The van der Waals surface area contributed by atoms with Crippen molar-refractivity contribution in [2.75, 3.05) is 4.90 Å². The molecule has 0 aromatic heterocycles. The zero-order chi connectivity index (χ0) is 13.4. The molecule has 1 amide bonds. The number of hydrogen-bond donors (Lipinski definition) is 0. The molecule has 0 fully saturated rings. The maximum absolute atomic E-state index is 12.1. The molecule has 0 unspecified atom stereocenters. The molecule has 90 valence electrons. The fourth-order valence-electron chi connectivity index (χ4n) is 2.14. The molecule has 0 saturated heterocycles. The number of hydrogen-bond acceptors (Lipinski definition) is 3. The molecule has 1 aliphatic heterocycles. The van der Waals surface area contributed by atoms with Gasteiger partial charge in [-0.15, -0.1) is 0 Å². The van der Waals surface area contributed by atoms with Gasteiger partial charge < -0.3 is 0 Å². The Morgan fingerprint density at radius 3 is 2.42 bits per heavy atom. The van der Waals surface area contributed by atoms with Gasteiger partial charge in [0.1, 0.15) is 0 Å². The van der Waals surface area contributed by atoms with Crippen molar-refractivity contribution < 1.29 is 9.59 Å². The van der Waals surface area contributed by atoms with Gasteiger partial charge in [-0.2, -0.15) is 5.26 Å². The van der Waals surface area contributed by atoms with Crippen LogP contribution in [0.2, 0.25) is 0 Å². The van der Waals surface area contributed by atoms with Crippen molar-refractivity contribution in [3.8, 4) is 6.07 Å². The highest BCUT2D eigenvalue weighted by Gasteiger charge is 2.36. The normalized spacial score (nSPS) is 13.3. The second-order valence-electron chi connectivity index (χ2n) is 4.15. The highest BCUT2D eigenvalue weighted by atomic mass is 16.2. The van der Waals surface area contributed by atoms with Gasteiger partial charge in [-0.3, -0.25) is 14.5 Å². The van der Waals surface area contributed by atoms with Crippen molar-refractivity contribution >= 4 is 23.1 Å². The van der Waals surface area contributed by atoms with Crippen LogP contribution in [0.4, 0.5) is 11.4 Å². The summed E-state index contributed by atoms with van der Waals surface area (Å²) in [6.45, 7) is 0. The van der Waals surface area contributed by atoms with E-state index in [0.29, 0.717) is 16.9 Å². The summed E-state index contributed by atoms with van der Waals surface area (Å²) >= 11 is 0. The number of amides is 1. The standard InChI is InChI=1S/C15H8N2O2/c16-9-10-6-7-13-12(8-10)14(18)15(19)17(13)11-4-2-1-3-5-11/h1-8H. The topological polar surface area (TPSA) is 61.2 Å². The summed E-state index contributed by atoms with van der Waals surface area (Å²) in [6, 6.07) is 15.6. The maximum atomic E-state index is 12.1. The average molecular weight is 248 g/mol. The van der Waals surface area contributed by atoms with Crippen LogP contribution in [0.1, 0.15) is 15.9 Å².